The van der Waals surface area contributed by atoms with Crippen LogP contribution in [0.3, 0.4) is 0 Å². The lowest BCUT2D eigenvalue weighted by atomic mass is 9.83. The summed E-state index contributed by atoms with van der Waals surface area (Å²) in [6, 6.07) is 0. The molecule has 2 heterocycles. The number of halogens is 1. The first-order valence-corrected chi connectivity index (χ1v) is 7.27. The zero-order valence-electron chi connectivity index (χ0n) is 11.9. The maximum atomic E-state index is 12.4. The number of hydrogen-bond donors (Lipinski definition) is 3. The van der Waals surface area contributed by atoms with Gasteiger partial charge in [0.2, 0.25) is 0 Å². The van der Waals surface area contributed by atoms with Crippen molar-refractivity contribution in [3.63, 3.8) is 0 Å². The van der Waals surface area contributed by atoms with Crippen LogP contribution < -0.4 is 10.6 Å². The monoisotopic (exact) mass is 298 g/mol. The lowest BCUT2D eigenvalue weighted by molar-refractivity contribution is 0.0876. The van der Waals surface area contributed by atoms with Crippen molar-refractivity contribution in [2.45, 2.75) is 57.5 Å². The van der Waals surface area contributed by atoms with E-state index in [1.54, 1.807) is 0 Å². The minimum atomic E-state index is -0.0523. The molecule has 5 nitrogen and oxygen atoms in total. The van der Waals surface area contributed by atoms with Gasteiger partial charge in [0.1, 0.15) is 0 Å². The Labute approximate surface area is 125 Å². The van der Waals surface area contributed by atoms with Crippen LogP contribution in [0.1, 0.15) is 60.8 Å². The van der Waals surface area contributed by atoms with Crippen LogP contribution in [0.25, 0.3) is 0 Å². The summed E-state index contributed by atoms with van der Waals surface area (Å²) in [4.78, 5) is 12.4. The number of hydrogen-bond acceptors (Lipinski definition) is 3. The molecule has 1 aliphatic carbocycles. The van der Waals surface area contributed by atoms with Crippen LogP contribution in [0.5, 0.6) is 0 Å². The first-order valence-electron chi connectivity index (χ1n) is 7.27. The van der Waals surface area contributed by atoms with Gasteiger partial charge in [0.05, 0.1) is 0 Å². The first kappa shape index (κ1) is 15.3. The van der Waals surface area contributed by atoms with Gasteiger partial charge in [-0.25, -0.2) is 0 Å². The molecule has 3 N–H and O–H groups in total. The number of aromatic amines is 1. The van der Waals surface area contributed by atoms with E-state index in [0.29, 0.717) is 5.69 Å². The predicted octanol–water partition coefficient (Wildman–Crippen LogP) is 1.93. The lowest BCUT2D eigenvalue weighted by Gasteiger charge is -2.34. The van der Waals surface area contributed by atoms with Crippen LogP contribution in [0, 0.1) is 0 Å². The third-order valence-electron chi connectivity index (χ3n) is 4.39. The van der Waals surface area contributed by atoms with Gasteiger partial charge in [-0.05, 0) is 19.8 Å². The highest BCUT2D eigenvalue weighted by Crippen LogP contribution is 2.28. The van der Waals surface area contributed by atoms with E-state index in [-0.39, 0.29) is 23.9 Å². The summed E-state index contributed by atoms with van der Waals surface area (Å²) in [6.45, 7) is 3.85. The Kier molecular flexibility index (Phi) is 4.70. The van der Waals surface area contributed by atoms with Crippen molar-refractivity contribution < 1.29 is 4.79 Å². The first-order chi connectivity index (χ1) is 9.18. The smallest absolute Gasteiger partial charge is 0.272 e. The molecule has 112 valence electrons. The van der Waals surface area contributed by atoms with Crippen LogP contribution in [-0.2, 0) is 13.0 Å². The van der Waals surface area contributed by atoms with E-state index in [2.05, 4.69) is 27.8 Å². The number of carbonyl (C=O) groups excluding carboxylic acids is 1. The van der Waals surface area contributed by atoms with Gasteiger partial charge in [0, 0.05) is 36.3 Å². The second kappa shape index (κ2) is 6.14. The molecule has 1 fully saturated rings. The Morgan fingerprint density at radius 3 is 2.80 bits per heavy atom. The summed E-state index contributed by atoms with van der Waals surface area (Å²) in [5.74, 6) is -0.0226. The van der Waals surface area contributed by atoms with Gasteiger partial charge in [-0.2, -0.15) is 5.10 Å². The third kappa shape index (κ3) is 2.99. The highest BCUT2D eigenvalue weighted by Gasteiger charge is 2.31. The SMILES string of the molecule is CC1(NC(=O)c2n[nH]c3c2CNCC3)CCCCC1.Cl. The molecule has 1 aromatic rings. The molecular formula is C14H23ClN4O. The average Bonchev–Trinajstić information content (AvgIpc) is 2.83. The molecule has 0 radical (unpaired) electrons. The van der Waals surface area contributed by atoms with E-state index in [4.69, 9.17) is 0 Å². The van der Waals surface area contributed by atoms with E-state index >= 15 is 0 Å². The molecule has 3 rings (SSSR count). The minimum Gasteiger partial charge on any atom is -0.345 e. The van der Waals surface area contributed by atoms with E-state index in [9.17, 15) is 4.79 Å². The van der Waals surface area contributed by atoms with Crippen molar-refractivity contribution in [1.82, 2.24) is 20.8 Å². The minimum absolute atomic E-state index is 0. The highest BCUT2D eigenvalue weighted by atomic mass is 35.5. The average molecular weight is 299 g/mol. The fourth-order valence-electron chi connectivity index (χ4n) is 3.20. The molecule has 0 unspecified atom stereocenters. The molecule has 0 spiro atoms. The lowest BCUT2D eigenvalue weighted by Crippen LogP contribution is -2.47. The fraction of sp³-hybridized carbons (Fsp3) is 0.714. The Morgan fingerprint density at radius 2 is 2.05 bits per heavy atom. The number of rotatable bonds is 2. The topological polar surface area (TPSA) is 69.8 Å². The molecule has 0 aromatic carbocycles. The van der Waals surface area contributed by atoms with Gasteiger partial charge in [0.25, 0.3) is 5.91 Å². The normalized spacial score (nSPS) is 20.6. The van der Waals surface area contributed by atoms with Crippen molar-refractivity contribution >= 4 is 18.3 Å². The second-order valence-electron chi connectivity index (χ2n) is 6.03. The number of carbonyl (C=O) groups is 1. The van der Waals surface area contributed by atoms with Crippen LogP contribution in [0.2, 0.25) is 0 Å². The highest BCUT2D eigenvalue weighted by molar-refractivity contribution is 5.94. The number of nitrogens with one attached hydrogen (secondary N) is 3. The van der Waals surface area contributed by atoms with E-state index in [0.717, 1.165) is 43.6 Å². The molecule has 0 bridgehead atoms. The van der Waals surface area contributed by atoms with Gasteiger partial charge in [0.15, 0.2) is 5.69 Å². The van der Waals surface area contributed by atoms with Crippen molar-refractivity contribution in [3.8, 4) is 0 Å². The standard InChI is InChI=1S/C14H22N4O.ClH/c1-14(6-3-2-4-7-14)16-13(19)12-10-9-15-8-5-11(10)17-18-12;/h15H,2-9H2,1H3,(H,16,19)(H,17,18);1H. The zero-order valence-corrected chi connectivity index (χ0v) is 12.7. The van der Waals surface area contributed by atoms with Crippen molar-refractivity contribution in [3.05, 3.63) is 17.0 Å². The summed E-state index contributed by atoms with van der Waals surface area (Å²) in [5.41, 5.74) is 2.68. The van der Waals surface area contributed by atoms with Crippen molar-refractivity contribution in [2.75, 3.05) is 6.54 Å². The van der Waals surface area contributed by atoms with Crippen LogP contribution in [0.4, 0.5) is 0 Å². The molecule has 0 atom stereocenters. The molecule has 1 aromatic heterocycles. The summed E-state index contributed by atoms with van der Waals surface area (Å²) >= 11 is 0. The number of aromatic nitrogens is 2. The van der Waals surface area contributed by atoms with Crippen LogP contribution in [0.15, 0.2) is 0 Å². The fourth-order valence-corrected chi connectivity index (χ4v) is 3.20. The predicted molar refractivity (Wildman–Crippen MR) is 80.2 cm³/mol. The van der Waals surface area contributed by atoms with Gasteiger partial charge in [-0.15, -0.1) is 12.4 Å². The Morgan fingerprint density at radius 1 is 1.30 bits per heavy atom. The maximum Gasteiger partial charge on any atom is 0.272 e. The summed E-state index contributed by atoms with van der Waals surface area (Å²) < 4.78 is 0. The zero-order chi connectivity index (χ0) is 13.3. The Bertz CT molecular complexity index is 480. The maximum absolute atomic E-state index is 12.4. The van der Waals surface area contributed by atoms with E-state index in [1.807, 2.05) is 0 Å². The number of nitrogens with zero attached hydrogens (tertiary/aromatic N) is 1. The third-order valence-corrected chi connectivity index (χ3v) is 4.39. The summed E-state index contributed by atoms with van der Waals surface area (Å²) in [5, 5.41) is 13.7. The molecule has 6 heteroatoms. The number of H-pyrrole nitrogens is 1. The van der Waals surface area contributed by atoms with E-state index < -0.39 is 0 Å². The Balaban J connectivity index is 0.00000147. The second-order valence-corrected chi connectivity index (χ2v) is 6.03. The van der Waals surface area contributed by atoms with Crippen LogP contribution >= 0.6 is 12.4 Å². The molecule has 1 aliphatic heterocycles. The molecule has 1 saturated carbocycles. The summed E-state index contributed by atoms with van der Waals surface area (Å²) in [7, 11) is 0. The molecule has 20 heavy (non-hydrogen) atoms. The largest absolute Gasteiger partial charge is 0.345 e. The molecule has 1 amide bonds. The van der Waals surface area contributed by atoms with E-state index in [1.165, 1.54) is 19.3 Å². The molecule has 0 saturated heterocycles. The van der Waals surface area contributed by atoms with Crippen LogP contribution in [-0.4, -0.2) is 28.2 Å². The number of fused-ring (bicyclic) bond motifs is 1. The van der Waals surface area contributed by atoms with Gasteiger partial charge in [-0.1, -0.05) is 19.3 Å². The van der Waals surface area contributed by atoms with Gasteiger partial charge < -0.3 is 10.6 Å². The van der Waals surface area contributed by atoms with Gasteiger partial charge >= 0.3 is 0 Å². The number of amides is 1. The van der Waals surface area contributed by atoms with Crippen molar-refractivity contribution in [1.29, 1.82) is 0 Å². The molecule has 2 aliphatic rings. The summed E-state index contributed by atoms with van der Waals surface area (Å²) in [6.07, 6.45) is 6.77. The van der Waals surface area contributed by atoms with Gasteiger partial charge in [-0.3, -0.25) is 9.89 Å². The Hall–Kier alpha value is -1.07. The quantitative estimate of drug-likeness (QED) is 0.781. The molecular weight excluding hydrogens is 276 g/mol. The van der Waals surface area contributed by atoms with Crippen molar-refractivity contribution in [2.24, 2.45) is 0 Å².